The highest BCUT2D eigenvalue weighted by Crippen LogP contribution is 2.32. The SMILES string of the molecule is Oc1cccc2nc(-c3ccccc3Cl)oc12. The monoisotopic (exact) mass is 245 g/mol. The maximum atomic E-state index is 9.63. The smallest absolute Gasteiger partial charge is 0.229 e. The van der Waals surface area contributed by atoms with Crippen LogP contribution < -0.4 is 0 Å². The summed E-state index contributed by atoms with van der Waals surface area (Å²) in [5.74, 6) is 0.486. The fourth-order valence-corrected chi connectivity index (χ4v) is 1.90. The van der Waals surface area contributed by atoms with Crippen molar-refractivity contribution in [3.63, 3.8) is 0 Å². The van der Waals surface area contributed by atoms with Crippen molar-refractivity contribution in [1.82, 2.24) is 4.98 Å². The lowest BCUT2D eigenvalue weighted by Crippen LogP contribution is -1.77. The Kier molecular flexibility index (Phi) is 2.27. The van der Waals surface area contributed by atoms with Crippen molar-refractivity contribution >= 4 is 22.7 Å². The number of oxazole rings is 1. The normalized spacial score (nSPS) is 10.9. The lowest BCUT2D eigenvalue weighted by Gasteiger charge is -1.96. The largest absolute Gasteiger partial charge is 0.504 e. The van der Waals surface area contributed by atoms with E-state index in [4.69, 9.17) is 16.0 Å². The van der Waals surface area contributed by atoms with Gasteiger partial charge in [0.05, 0.1) is 10.6 Å². The predicted molar refractivity (Wildman–Crippen MR) is 66.1 cm³/mol. The second kappa shape index (κ2) is 3.79. The summed E-state index contributed by atoms with van der Waals surface area (Å²) < 4.78 is 5.52. The van der Waals surface area contributed by atoms with E-state index in [0.29, 0.717) is 27.6 Å². The van der Waals surface area contributed by atoms with Crippen molar-refractivity contribution in [2.24, 2.45) is 0 Å². The molecular weight excluding hydrogens is 238 g/mol. The van der Waals surface area contributed by atoms with Crippen LogP contribution in [0, 0.1) is 0 Å². The molecule has 1 aromatic heterocycles. The van der Waals surface area contributed by atoms with Crippen molar-refractivity contribution in [2.45, 2.75) is 0 Å². The summed E-state index contributed by atoms with van der Waals surface area (Å²) in [5, 5.41) is 10.2. The molecule has 1 N–H and O–H groups in total. The Morgan fingerprint density at radius 3 is 2.65 bits per heavy atom. The summed E-state index contributed by atoms with van der Waals surface area (Å²) in [6, 6.07) is 12.3. The molecule has 2 aromatic carbocycles. The van der Waals surface area contributed by atoms with Crippen molar-refractivity contribution in [1.29, 1.82) is 0 Å². The van der Waals surface area contributed by atoms with Crippen LogP contribution >= 0.6 is 11.6 Å². The van der Waals surface area contributed by atoms with Crippen LogP contribution in [0.4, 0.5) is 0 Å². The van der Waals surface area contributed by atoms with Crippen LogP contribution in [0.3, 0.4) is 0 Å². The van der Waals surface area contributed by atoms with Gasteiger partial charge in [-0.1, -0.05) is 29.8 Å². The molecule has 84 valence electrons. The number of phenolic OH excluding ortho intramolecular Hbond substituents is 1. The number of rotatable bonds is 1. The lowest BCUT2D eigenvalue weighted by atomic mass is 10.2. The topological polar surface area (TPSA) is 46.3 Å². The number of nitrogens with zero attached hydrogens (tertiary/aromatic N) is 1. The van der Waals surface area contributed by atoms with E-state index < -0.39 is 0 Å². The first-order chi connectivity index (χ1) is 8.25. The molecule has 0 saturated carbocycles. The van der Waals surface area contributed by atoms with Crippen LogP contribution in [0.1, 0.15) is 0 Å². The summed E-state index contributed by atoms with van der Waals surface area (Å²) in [7, 11) is 0. The molecule has 17 heavy (non-hydrogen) atoms. The molecule has 3 aromatic rings. The third kappa shape index (κ3) is 1.65. The van der Waals surface area contributed by atoms with E-state index in [-0.39, 0.29) is 5.75 Å². The summed E-state index contributed by atoms with van der Waals surface area (Å²) in [6.45, 7) is 0. The maximum Gasteiger partial charge on any atom is 0.229 e. The highest BCUT2D eigenvalue weighted by molar-refractivity contribution is 6.33. The van der Waals surface area contributed by atoms with Gasteiger partial charge in [0.2, 0.25) is 5.89 Å². The van der Waals surface area contributed by atoms with Crippen LogP contribution in [0.2, 0.25) is 5.02 Å². The van der Waals surface area contributed by atoms with Crippen molar-refractivity contribution in [3.05, 3.63) is 47.5 Å². The first kappa shape index (κ1) is 10.2. The van der Waals surface area contributed by atoms with Crippen LogP contribution in [0.15, 0.2) is 46.9 Å². The fraction of sp³-hybridized carbons (Fsp3) is 0. The Morgan fingerprint density at radius 2 is 1.88 bits per heavy atom. The Balaban J connectivity index is 2.26. The number of aromatic nitrogens is 1. The molecule has 3 rings (SSSR count). The summed E-state index contributed by atoms with van der Waals surface area (Å²) in [5.41, 5.74) is 1.70. The fourth-order valence-electron chi connectivity index (χ4n) is 1.68. The molecule has 0 amide bonds. The lowest BCUT2D eigenvalue weighted by molar-refractivity contribution is 0.466. The van der Waals surface area contributed by atoms with Gasteiger partial charge in [0, 0.05) is 0 Å². The van der Waals surface area contributed by atoms with Gasteiger partial charge in [0.25, 0.3) is 0 Å². The molecule has 1 heterocycles. The molecule has 0 spiro atoms. The average Bonchev–Trinajstić information content (AvgIpc) is 2.75. The van der Waals surface area contributed by atoms with E-state index in [0.717, 1.165) is 0 Å². The highest BCUT2D eigenvalue weighted by atomic mass is 35.5. The molecule has 0 fully saturated rings. The van der Waals surface area contributed by atoms with Gasteiger partial charge in [-0.2, -0.15) is 0 Å². The maximum absolute atomic E-state index is 9.63. The minimum Gasteiger partial charge on any atom is -0.504 e. The molecule has 0 saturated heterocycles. The minimum absolute atomic E-state index is 0.0771. The van der Waals surface area contributed by atoms with E-state index >= 15 is 0 Å². The van der Waals surface area contributed by atoms with E-state index in [9.17, 15) is 5.11 Å². The second-order valence-corrected chi connectivity index (χ2v) is 4.03. The number of para-hydroxylation sites is 1. The van der Waals surface area contributed by atoms with Gasteiger partial charge in [0.15, 0.2) is 11.3 Å². The summed E-state index contributed by atoms with van der Waals surface area (Å²) in [4.78, 5) is 4.29. The first-order valence-corrected chi connectivity index (χ1v) is 5.47. The molecule has 3 nitrogen and oxygen atoms in total. The molecule has 0 aliphatic carbocycles. The number of aromatic hydroxyl groups is 1. The number of halogens is 1. The van der Waals surface area contributed by atoms with Crippen molar-refractivity contribution < 1.29 is 9.52 Å². The number of benzene rings is 2. The zero-order valence-electron chi connectivity index (χ0n) is 8.72. The number of phenols is 1. The molecule has 0 unspecified atom stereocenters. The predicted octanol–water partition coefficient (Wildman–Crippen LogP) is 3.85. The third-order valence-corrected chi connectivity index (χ3v) is 2.83. The van der Waals surface area contributed by atoms with E-state index in [1.165, 1.54) is 0 Å². The molecular formula is C13H8ClNO2. The van der Waals surface area contributed by atoms with Crippen LogP contribution in [0.25, 0.3) is 22.6 Å². The molecule has 0 aliphatic rings. The van der Waals surface area contributed by atoms with Gasteiger partial charge >= 0.3 is 0 Å². The van der Waals surface area contributed by atoms with E-state index in [1.54, 1.807) is 24.3 Å². The van der Waals surface area contributed by atoms with Gasteiger partial charge < -0.3 is 9.52 Å². The van der Waals surface area contributed by atoms with E-state index in [2.05, 4.69) is 4.98 Å². The van der Waals surface area contributed by atoms with Crippen LogP contribution in [0.5, 0.6) is 5.75 Å². The van der Waals surface area contributed by atoms with Crippen LogP contribution in [-0.4, -0.2) is 10.1 Å². The van der Waals surface area contributed by atoms with Crippen molar-refractivity contribution in [2.75, 3.05) is 0 Å². The quantitative estimate of drug-likeness (QED) is 0.708. The zero-order chi connectivity index (χ0) is 11.8. The molecule has 4 heteroatoms. The zero-order valence-corrected chi connectivity index (χ0v) is 9.48. The third-order valence-electron chi connectivity index (χ3n) is 2.50. The Morgan fingerprint density at radius 1 is 1.06 bits per heavy atom. The van der Waals surface area contributed by atoms with Gasteiger partial charge in [-0.15, -0.1) is 0 Å². The highest BCUT2D eigenvalue weighted by Gasteiger charge is 2.12. The number of hydrogen-bond acceptors (Lipinski definition) is 3. The standard InChI is InChI=1S/C13H8ClNO2/c14-9-5-2-1-4-8(9)13-15-10-6-3-7-11(16)12(10)17-13/h1-7,16H. The van der Waals surface area contributed by atoms with Gasteiger partial charge in [0.1, 0.15) is 5.52 Å². The number of hydrogen-bond donors (Lipinski definition) is 1. The Labute approximate surface area is 102 Å². The second-order valence-electron chi connectivity index (χ2n) is 3.62. The van der Waals surface area contributed by atoms with Gasteiger partial charge in [-0.05, 0) is 24.3 Å². The Bertz CT molecular complexity index is 691. The number of fused-ring (bicyclic) bond motifs is 1. The molecule has 0 atom stereocenters. The first-order valence-electron chi connectivity index (χ1n) is 5.09. The summed E-state index contributed by atoms with van der Waals surface area (Å²) in [6.07, 6.45) is 0. The average molecular weight is 246 g/mol. The molecule has 0 aliphatic heterocycles. The summed E-state index contributed by atoms with van der Waals surface area (Å²) >= 11 is 6.06. The van der Waals surface area contributed by atoms with Gasteiger partial charge in [-0.25, -0.2) is 4.98 Å². The molecule has 0 radical (unpaired) electrons. The van der Waals surface area contributed by atoms with Crippen LogP contribution in [-0.2, 0) is 0 Å². The molecule has 0 bridgehead atoms. The van der Waals surface area contributed by atoms with Crippen molar-refractivity contribution in [3.8, 4) is 17.2 Å². The minimum atomic E-state index is 0.0771. The van der Waals surface area contributed by atoms with E-state index in [1.807, 2.05) is 18.2 Å². The Hall–Kier alpha value is -2.00. The van der Waals surface area contributed by atoms with Gasteiger partial charge in [-0.3, -0.25) is 0 Å².